The molecule has 142 valence electrons. The summed E-state index contributed by atoms with van der Waals surface area (Å²) < 4.78 is 10.6. The molecule has 1 aromatic heterocycles. The van der Waals surface area contributed by atoms with Crippen molar-refractivity contribution in [1.82, 2.24) is 0 Å². The van der Waals surface area contributed by atoms with Gasteiger partial charge in [0.15, 0.2) is 11.5 Å². The van der Waals surface area contributed by atoms with Gasteiger partial charge in [-0.15, -0.1) is 11.3 Å². The maximum absolute atomic E-state index is 9.68. The van der Waals surface area contributed by atoms with E-state index in [2.05, 4.69) is 31.8 Å². The van der Waals surface area contributed by atoms with E-state index in [1.54, 1.807) is 31.8 Å². The van der Waals surface area contributed by atoms with Crippen molar-refractivity contribution in [3.63, 3.8) is 0 Å². The van der Waals surface area contributed by atoms with Crippen LogP contribution in [0.4, 0.5) is 5.00 Å². The van der Waals surface area contributed by atoms with Gasteiger partial charge in [-0.05, 0) is 59.9 Å². The Morgan fingerprint density at radius 3 is 2.59 bits per heavy atom. The molecule has 1 heterocycles. The van der Waals surface area contributed by atoms with Crippen molar-refractivity contribution < 1.29 is 9.47 Å². The third-order valence-electron chi connectivity index (χ3n) is 5.32. The van der Waals surface area contributed by atoms with Gasteiger partial charge in [0, 0.05) is 11.1 Å². The van der Waals surface area contributed by atoms with Crippen LogP contribution in [0, 0.1) is 22.7 Å². The zero-order valence-corrected chi connectivity index (χ0v) is 17.4. The summed E-state index contributed by atoms with van der Waals surface area (Å²) in [4.78, 5) is 5.98. The zero-order chi connectivity index (χ0) is 19.6. The van der Waals surface area contributed by atoms with Gasteiger partial charge in [0.2, 0.25) is 0 Å². The highest BCUT2D eigenvalue weighted by Crippen LogP contribution is 2.44. The van der Waals surface area contributed by atoms with Gasteiger partial charge in [0.05, 0.1) is 19.8 Å². The predicted octanol–water partition coefficient (Wildman–Crippen LogP) is 5.54. The van der Waals surface area contributed by atoms with E-state index in [1.807, 2.05) is 18.2 Å². The highest BCUT2D eigenvalue weighted by Gasteiger charge is 2.32. The summed E-state index contributed by atoms with van der Waals surface area (Å²) in [7, 11) is 3.23. The third kappa shape index (κ3) is 4.01. The summed E-state index contributed by atoms with van der Waals surface area (Å²) in [5, 5.41) is 10.5. The Kier molecular flexibility index (Phi) is 5.57. The number of ether oxygens (including phenoxy) is 2. The lowest BCUT2D eigenvalue weighted by Gasteiger charge is -2.33. The minimum absolute atomic E-state index is 0.289. The normalized spacial score (nSPS) is 16.8. The van der Waals surface area contributed by atoms with Crippen LogP contribution in [0.3, 0.4) is 0 Å². The van der Waals surface area contributed by atoms with Crippen LogP contribution in [0.1, 0.15) is 48.8 Å². The topological polar surface area (TPSA) is 54.6 Å². The number of benzene rings is 1. The van der Waals surface area contributed by atoms with Gasteiger partial charge in [-0.3, -0.25) is 0 Å². The number of methoxy groups -OCH3 is 2. The molecule has 2 aromatic rings. The lowest BCUT2D eigenvalue weighted by atomic mass is 9.72. The molecule has 3 rings (SSSR count). The Morgan fingerprint density at radius 2 is 1.96 bits per heavy atom. The van der Waals surface area contributed by atoms with Crippen molar-refractivity contribution >= 4 is 22.6 Å². The van der Waals surface area contributed by atoms with Crippen LogP contribution in [0.5, 0.6) is 11.5 Å². The average Bonchev–Trinajstić information content (AvgIpc) is 3.01. The SMILES string of the molecule is COc1ccc(C=Nc2sc3c(c2C#N)CC[C@H](C(C)(C)C)C3)cc1OC. The van der Waals surface area contributed by atoms with Crippen LogP contribution in [0.15, 0.2) is 23.2 Å². The molecule has 0 bridgehead atoms. The summed E-state index contributed by atoms with van der Waals surface area (Å²) in [6, 6.07) is 8.06. The first-order valence-corrected chi connectivity index (χ1v) is 9.99. The second kappa shape index (κ2) is 7.74. The van der Waals surface area contributed by atoms with E-state index in [0.29, 0.717) is 17.4 Å². The van der Waals surface area contributed by atoms with Gasteiger partial charge in [-0.1, -0.05) is 20.8 Å². The van der Waals surface area contributed by atoms with Gasteiger partial charge in [0.1, 0.15) is 11.1 Å². The monoisotopic (exact) mass is 382 g/mol. The molecule has 27 heavy (non-hydrogen) atoms. The maximum Gasteiger partial charge on any atom is 0.161 e. The standard InChI is InChI=1S/C22H26N2O2S/c1-22(2,3)15-7-8-16-17(12-23)21(27-20(16)11-15)24-13-14-6-9-18(25-4)19(10-14)26-5/h6,9-10,13,15H,7-8,11H2,1-5H3/t15-/m0/s1. The van der Waals surface area contributed by atoms with Crippen molar-refractivity contribution in [3.8, 4) is 17.6 Å². The third-order valence-corrected chi connectivity index (χ3v) is 6.48. The number of hydrogen-bond acceptors (Lipinski definition) is 5. The van der Waals surface area contributed by atoms with E-state index in [9.17, 15) is 5.26 Å². The first-order chi connectivity index (χ1) is 12.9. The molecule has 1 aliphatic rings. The zero-order valence-electron chi connectivity index (χ0n) is 16.6. The van der Waals surface area contributed by atoms with Crippen molar-refractivity contribution in [1.29, 1.82) is 5.26 Å². The number of thiophene rings is 1. The lowest BCUT2D eigenvalue weighted by Crippen LogP contribution is -2.26. The molecule has 0 fully saturated rings. The molecule has 0 amide bonds. The molecule has 0 aliphatic heterocycles. The van der Waals surface area contributed by atoms with E-state index in [0.717, 1.165) is 35.4 Å². The molecule has 5 heteroatoms. The quantitative estimate of drug-likeness (QED) is 0.653. The second-order valence-corrected chi connectivity index (χ2v) is 9.06. The van der Waals surface area contributed by atoms with Gasteiger partial charge in [0.25, 0.3) is 0 Å². The first kappa shape index (κ1) is 19.4. The highest BCUT2D eigenvalue weighted by atomic mass is 32.1. The number of hydrogen-bond donors (Lipinski definition) is 0. The predicted molar refractivity (Wildman–Crippen MR) is 111 cm³/mol. The molecule has 1 aliphatic carbocycles. The minimum Gasteiger partial charge on any atom is -0.493 e. The largest absolute Gasteiger partial charge is 0.493 e. The molecule has 4 nitrogen and oxygen atoms in total. The fraction of sp³-hybridized carbons (Fsp3) is 0.455. The average molecular weight is 383 g/mol. The fourth-order valence-corrected chi connectivity index (χ4v) is 4.80. The Morgan fingerprint density at radius 1 is 1.22 bits per heavy atom. The molecule has 0 saturated carbocycles. The molecule has 0 unspecified atom stereocenters. The maximum atomic E-state index is 9.68. The number of rotatable bonds is 4. The molecule has 0 radical (unpaired) electrons. The van der Waals surface area contributed by atoms with Gasteiger partial charge in [-0.2, -0.15) is 5.26 Å². The van der Waals surface area contributed by atoms with Crippen LogP contribution >= 0.6 is 11.3 Å². The molecule has 0 N–H and O–H groups in total. The fourth-order valence-electron chi connectivity index (χ4n) is 3.58. The summed E-state index contributed by atoms with van der Waals surface area (Å²) in [6.45, 7) is 6.91. The van der Waals surface area contributed by atoms with E-state index in [4.69, 9.17) is 9.47 Å². The van der Waals surface area contributed by atoms with Gasteiger partial charge >= 0.3 is 0 Å². The lowest BCUT2D eigenvalue weighted by molar-refractivity contribution is 0.218. The smallest absolute Gasteiger partial charge is 0.161 e. The van der Waals surface area contributed by atoms with Crippen molar-refractivity contribution in [3.05, 3.63) is 39.8 Å². The number of aliphatic imine (C=N–C) groups is 1. The number of fused-ring (bicyclic) bond motifs is 1. The first-order valence-electron chi connectivity index (χ1n) is 9.18. The Labute approximate surface area is 165 Å². The van der Waals surface area contributed by atoms with Crippen LogP contribution in [0.25, 0.3) is 0 Å². The summed E-state index contributed by atoms with van der Waals surface area (Å²) in [6.07, 6.45) is 4.95. The van der Waals surface area contributed by atoms with Crippen LogP contribution < -0.4 is 9.47 Å². The number of nitrogens with zero attached hydrogens (tertiary/aromatic N) is 2. The van der Waals surface area contributed by atoms with E-state index in [1.165, 1.54) is 10.4 Å². The van der Waals surface area contributed by atoms with E-state index >= 15 is 0 Å². The van der Waals surface area contributed by atoms with Gasteiger partial charge in [-0.25, -0.2) is 4.99 Å². The summed E-state index contributed by atoms with van der Waals surface area (Å²) in [5.74, 6) is 2.01. The Hall–Kier alpha value is -2.32. The Balaban J connectivity index is 1.89. The van der Waals surface area contributed by atoms with Crippen molar-refractivity contribution in [2.75, 3.05) is 14.2 Å². The van der Waals surface area contributed by atoms with Crippen molar-refractivity contribution in [2.24, 2.45) is 16.3 Å². The minimum atomic E-state index is 0.289. The Bertz CT molecular complexity index is 900. The molecule has 0 saturated heterocycles. The van der Waals surface area contributed by atoms with Gasteiger partial charge < -0.3 is 9.47 Å². The van der Waals surface area contributed by atoms with Crippen molar-refractivity contribution in [2.45, 2.75) is 40.0 Å². The molecule has 1 aromatic carbocycles. The molecule has 0 spiro atoms. The molecule has 1 atom stereocenters. The highest BCUT2D eigenvalue weighted by molar-refractivity contribution is 7.16. The summed E-state index contributed by atoms with van der Waals surface area (Å²) >= 11 is 1.67. The summed E-state index contributed by atoms with van der Waals surface area (Å²) in [5.41, 5.74) is 3.16. The van der Waals surface area contributed by atoms with E-state index < -0.39 is 0 Å². The van der Waals surface area contributed by atoms with Crippen LogP contribution in [0.2, 0.25) is 0 Å². The second-order valence-electron chi connectivity index (χ2n) is 7.97. The van der Waals surface area contributed by atoms with E-state index in [-0.39, 0.29) is 5.41 Å². The van der Waals surface area contributed by atoms with Crippen LogP contribution in [-0.4, -0.2) is 20.4 Å². The number of nitriles is 1. The molecular weight excluding hydrogens is 356 g/mol. The van der Waals surface area contributed by atoms with Crippen LogP contribution in [-0.2, 0) is 12.8 Å². The molecular formula is C22H26N2O2S.